The third-order valence-electron chi connectivity index (χ3n) is 17.5. The molecule has 1 aromatic heterocycles. The normalized spacial score (nSPS) is 14.3. The van der Waals surface area contributed by atoms with Crippen LogP contribution in [0.15, 0.2) is 243 Å². The van der Waals surface area contributed by atoms with Crippen molar-refractivity contribution in [3.63, 3.8) is 0 Å². The quantitative estimate of drug-likeness (QED) is 0.163. The first-order chi connectivity index (χ1) is 39.2. The van der Waals surface area contributed by atoms with Gasteiger partial charge in [0.25, 0.3) is 0 Å². The third kappa shape index (κ3) is 5.82. The van der Waals surface area contributed by atoms with Crippen LogP contribution in [0.25, 0.3) is 44.5 Å². The number of nitrogens with zero attached hydrogens (tertiary/aromatic N) is 4. The Labute approximate surface area is 477 Å². The third-order valence-corrected chi connectivity index (χ3v) is 25.2. The van der Waals surface area contributed by atoms with Gasteiger partial charge in [-0.1, -0.05) is 0 Å². The van der Waals surface area contributed by atoms with Gasteiger partial charge in [-0.3, -0.25) is 0 Å². The van der Waals surface area contributed by atoms with Crippen molar-refractivity contribution in [3.8, 4) is 44.5 Å². The molecule has 7 aliphatic heterocycles. The summed E-state index contributed by atoms with van der Waals surface area (Å²) in [5.74, 6) is 0. The molecule has 8 heterocycles. The molecule has 9 heteroatoms. The Balaban J connectivity index is 0.858. The summed E-state index contributed by atoms with van der Waals surface area (Å²) < 4.78 is 8.97. The minimum atomic E-state index is 0.00127. The molecule has 4 nitrogen and oxygen atoms in total. The summed E-state index contributed by atoms with van der Waals surface area (Å²) in [5.41, 5.74) is 31.8. The van der Waals surface area contributed by atoms with Crippen molar-refractivity contribution in [2.75, 3.05) is 19.6 Å². The average molecular weight is 1200 g/mol. The van der Waals surface area contributed by atoms with Crippen LogP contribution in [0.4, 0.5) is 68.2 Å². The van der Waals surface area contributed by atoms with Crippen molar-refractivity contribution in [2.24, 2.45) is 0 Å². The predicted octanol–water partition coefficient (Wildman–Crippen LogP) is 9.83. The zero-order chi connectivity index (χ0) is 51.2. The summed E-state index contributed by atoms with van der Waals surface area (Å²) >= 11 is 0.125. The molecule has 0 fully saturated rings. The van der Waals surface area contributed by atoms with E-state index in [-0.39, 0.29) is 57.8 Å². The molecular formula is C70H40B2N4Se3. The van der Waals surface area contributed by atoms with Crippen LogP contribution in [-0.4, -0.2) is 57.8 Å². The van der Waals surface area contributed by atoms with Gasteiger partial charge in [-0.15, -0.1) is 0 Å². The van der Waals surface area contributed by atoms with Crippen LogP contribution in [0.1, 0.15) is 0 Å². The Morgan fingerprint density at radius 3 is 1.01 bits per heavy atom. The van der Waals surface area contributed by atoms with Crippen LogP contribution in [0.5, 0.6) is 0 Å². The molecule has 0 unspecified atom stereocenters. The molecule has 12 aromatic rings. The van der Waals surface area contributed by atoms with E-state index in [0.717, 1.165) is 0 Å². The van der Waals surface area contributed by atoms with Gasteiger partial charge < -0.3 is 0 Å². The van der Waals surface area contributed by atoms with Crippen LogP contribution in [0.2, 0.25) is 0 Å². The SMILES string of the molecule is c1ccc(-c2cc(-c3ccccc3)c3c(c2)N2c4cccc5c4B(c4cccc(c42)[Se]3)c2[se]c3c4c2N5c2ccccc2N4c2cccc4c2B3c2cccc3c2N4c2cc(-c4ccccc4)cc(-c4ccccc4)c2[Se]3)cc1. The molecule has 19 rings (SSSR count). The molecule has 0 saturated heterocycles. The van der Waals surface area contributed by atoms with E-state index in [4.69, 9.17) is 0 Å². The maximum atomic E-state index is 2.71. The topological polar surface area (TPSA) is 13.0 Å². The van der Waals surface area contributed by atoms with Gasteiger partial charge in [0, 0.05) is 0 Å². The van der Waals surface area contributed by atoms with E-state index in [9.17, 15) is 0 Å². The fourth-order valence-corrected chi connectivity index (χ4v) is 22.7. The Morgan fingerprint density at radius 2 is 0.608 bits per heavy atom. The molecule has 0 atom stereocenters. The minimum absolute atomic E-state index is 0.00127. The Hall–Kier alpha value is -8.21. The van der Waals surface area contributed by atoms with Gasteiger partial charge in [0.15, 0.2) is 0 Å². The van der Waals surface area contributed by atoms with E-state index >= 15 is 0 Å². The second-order valence-electron chi connectivity index (χ2n) is 21.4. The number of hydrogen-bond acceptors (Lipinski definition) is 4. The Bertz CT molecular complexity index is 4370. The van der Waals surface area contributed by atoms with Crippen molar-refractivity contribution in [1.29, 1.82) is 0 Å². The van der Waals surface area contributed by atoms with Crippen LogP contribution in [0.3, 0.4) is 0 Å². The molecule has 0 saturated carbocycles. The molecule has 0 aliphatic carbocycles. The van der Waals surface area contributed by atoms with Gasteiger partial charge in [0.1, 0.15) is 0 Å². The number of benzene rings is 11. The maximum absolute atomic E-state index is 2.71. The monoisotopic (exact) mass is 1200 g/mol. The van der Waals surface area contributed by atoms with E-state index < -0.39 is 0 Å². The second kappa shape index (κ2) is 16.2. The van der Waals surface area contributed by atoms with Crippen LogP contribution >= 0.6 is 0 Å². The molecule has 0 spiro atoms. The number of rotatable bonds is 4. The van der Waals surface area contributed by atoms with E-state index in [1.807, 2.05) is 0 Å². The van der Waals surface area contributed by atoms with Gasteiger partial charge in [-0.05, 0) is 0 Å². The summed E-state index contributed by atoms with van der Waals surface area (Å²) in [6, 6.07) is 92.5. The first-order valence-electron chi connectivity index (χ1n) is 27.1. The first kappa shape index (κ1) is 43.7. The molecule has 0 radical (unpaired) electrons. The molecule has 11 aromatic carbocycles. The summed E-state index contributed by atoms with van der Waals surface area (Å²) in [6.45, 7) is 0.222. The molecular weight excluding hydrogens is 1160 g/mol. The van der Waals surface area contributed by atoms with Gasteiger partial charge in [-0.25, -0.2) is 0 Å². The number of para-hydroxylation sites is 4. The van der Waals surface area contributed by atoms with Crippen molar-refractivity contribution in [3.05, 3.63) is 243 Å². The van der Waals surface area contributed by atoms with Gasteiger partial charge in [-0.2, -0.15) is 0 Å². The van der Waals surface area contributed by atoms with Gasteiger partial charge in [0.2, 0.25) is 0 Å². The fourth-order valence-electron chi connectivity index (χ4n) is 14.3. The van der Waals surface area contributed by atoms with E-state index in [2.05, 4.69) is 262 Å². The van der Waals surface area contributed by atoms with Crippen molar-refractivity contribution >= 4 is 174 Å². The van der Waals surface area contributed by atoms with Crippen molar-refractivity contribution in [1.82, 2.24) is 0 Å². The average Bonchev–Trinajstić information content (AvgIpc) is 3.95. The summed E-state index contributed by atoms with van der Waals surface area (Å²) in [4.78, 5) is 10.8. The Kier molecular flexibility index (Phi) is 8.97. The molecule has 0 N–H and O–H groups in total. The van der Waals surface area contributed by atoms with Gasteiger partial charge in [0.05, 0.1) is 0 Å². The predicted molar refractivity (Wildman–Crippen MR) is 337 cm³/mol. The first-order valence-corrected chi connectivity index (χ1v) is 32.3. The van der Waals surface area contributed by atoms with Crippen LogP contribution in [0, 0.1) is 0 Å². The van der Waals surface area contributed by atoms with E-state index in [1.165, 1.54) is 152 Å². The summed E-state index contributed by atoms with van der Waals surface area (Å²) in [7, 11) is 0. The molecule has 79 heavy (non-hydrogen) atoms. The number of anilines is 12. The number of hydrogen-bond donors (Lipinski definition) is 0. The fraction of sp³-hybridized carbons (Fsp3) is 0. The molecule has 7 aliphatic rings. The Morgan fingerprint density at radius 1 is 0.266 bits per heavy atom. The molecule has 0 amide bonds. The van der Waals surface area contributed by atoms with Crippen LogP contribution in [-0.2, 0) is 0 Å². The summed E-state index contributed by atoms with van der Waals surface area (Å²) in [5, 5.41) is 0. The zero-order valence-electron chi connectivity index (χ0n) is 42.3. The van der Waals surface area contributed by atoms with E-state index in [1.54, 1.807) is 8.67 Å². The van der Waals surface area contributed by atoms with Crippen molar-refractivity contribution in [2.45, 2.75) is 0 Å². The molecule has 0 bridgehead atoms. The standard InChI is InChI=1S/C70H40B2N4Se3/c1-5-19-41(20-6-1)45-37-47(43-23-9-3-10-24-43)67-57(39-45)75-55-33-17-31-53-61(55)71(49-27-15-35-59(77-67)63(49)75)69-65-66-70(79-69)72-50-28-16-36-60-64(50)76(56-34-18-32-54(62(56)72)74(66)52-30-14-13-29-51(52)73(53)65)58-40-46(42-21-7-2-8-22-42)38-48(68(58)78-60)44-25-11-4-12-26-44/h1-40H. The molecule has 364 valence electrons. The number of fused-ring (bicyclic) bond motifs is 15. The summed E-state index contributed by atoms with van der Waals surface area (Å²) in [6.07, 6.45) is 0. The second-order valence-corrected chi connectivity index (χ2v) is 28.1. The zero-order valence-corrected chi connectivity index (χ0v) is 47.4. The van der Waals surface area contributed by atoms with Crippen molar-refractivity contribution < 1.29 is 0 Å². The van der Waals surface area contributed by atoms with Gasteiger partial charge >= 0.3 is 481 Å². The van der Waals surface area contributed by atoms with E-state index in [0.29, 0.717) is 0 Å². The van der Waals surface area contributed by atoms with Crippen LogP contribution < -0.4 is 68.0 Å².